The normalized spacial score (nSPS) is 11.1. The Morgan fingerprint density at radius 2 is 1.81 bits per heavy atom. The lowest BCUT2D eigenvalue weighted by Crippen LogP contribution is -2.23. The highest BCUT2D eigenvalue weighted by atomic mass is 16.5. The van der Waals surface area contributed by atoms with Gasteiger partial charge in [-0.1, -0.05) is 42.5 Å². The molecular formula is C21H20N2O4. The molecule has 6 heteroatoms. The van der Waals surface area contributed by atoms with Crippen molar-refractivity contribution in [3.8, 4) is 23.3 Å². The summed E-state index contributed by atoms with van der Waals surface area (Å²) in [5, 5.41) is 21.7. The molecule has 0 aliphatic heterocycles. The smallest absolute Gasteiger partial charge is 0.229 e. The van der Waals surface area contributed by atoms with Crippen LogP contribution >= 0.6 is 0 Å². The molecule has 0 unspecified atom stereocenters. The van der Waals surface area contributed by atoms with Crippen molar-refractivity contribution in [2.24, 2.45) is 0 Å². The van der Waals surface area contributed by atoms with Crippen molar-refractivity contribution in [2.75, 3.05) is 14.2 Å². The van der Waals surface area contributed by atoms with Gasteiger partial charge in [0.25, 0.3) is 0 Å². The van der Waals surface area contributed by atoms with E-state index in [1.54, 1.807) is 24.3 Å². The summed E-state index contributed by atoms with van der Waals surface area (Å²) in [5.74, 6) is 0.193. The molecule has 0 saturated heterocycles. The molecule has 0 aromatic heterocycles. The number of rotatable bonds is 7. The molecule has 0 saturated carbocycles. The summed E-state index contributed by atoms with van der Waals surface area (Å²) in [5.41, 5.74) is 1.70. The van der Waals surface area contributed by atoms with Gasteiger partial charge in [-0.3, -0.25) is 4.79 Å². The van der Waals surface area contributed by atoms with Gasteiger partial charge in [-0.25, -0.2) is 0 Å². The average molecular weight is 364 g/mol. The molecule has 0 atom stereocenters. The van der Waals surface area contributed by atoms with Gasteiger partial charge in [0.05, 0.1) is 20.6 Å². The number of phenolic OH excluding ortho intramolecular Hbond substituents is 1. The van der Waals surface area contributed by atoms with Crippen molar-refractivity contribution >= 4 is 12.0 Å². The Balaban J connectivity index is 2.08. The molecule has 0 heterocycles. The van der Waals surface area contributed by atoms with Crippen molar-refractivity contribution in [1.29, 1.82) is 5.26 Å². The van der Waals surface area contributed by atoms with Crippen molar-refractivity contribution in [1.82, 2.24) is 5.32 Å². The predicted octanol–water partition coefficient (Wildman–Crippen LogP) is 3.19. The minimum Gasteiger partial charge on any atom is -0.502 e. The zero-order valence-corrected chi connectivity index (χ0v) is 15.1. The number of nitrogens with zero attached hydrogens (tertiary/aromatic N) is 1. The number of methoxy groups -OCH3 is 2. The van der Waals surface area contributed by atoms with E-state index in [0.717, 1.165) is 5.56 Å². The van der Waals surface area contributed by atoms with Gasteiger partial charge < -0.3 is 19.9 Å². The standard InChI is InChI=1S/C21H20N2O4/c1-26-18-11-16(12-19(27-2)21(18)25)9-6-10-17(14-22)23-20(24)13-15-7-4-3-5-8-15/h3-12,25H,13H2,1-2H3,(H,23,24)/b9-6+,17-10+. The van der Waals surface area contributed by atoms with E-state index in [1.807, 2.05) is 36.4 Å². The largest absolute Gasteiger partial charge is 0.502 e. The molecule has 2 aromatic rings. The predicted molar refractivity (Wildman–Crippen MR) is 102 cm³/mol. The third kappa shape index (κ3) is 5.65. The van der Waals surface area contributed by atoms with Gasteiger partial charge in [0.15, 0.2) is 11.5 Å². The Bertz CT molecular complexity index is 871. The van der Waals surface area contributed by atoms with E-state index in [9.17, 15) is 15.2 Å². The van der Waals surface area contributed by atoms with Crippen LogP contribution in [-0.2, 0) is 11.2 Å². The van der Waals surface area contributed by atoms with E-state index < -0.39 is 0 Å². The number of aromatic hydroxyl groups is 1. The van der Waals surface area contributed by atoms with Gasteiger partial charge in [0, 0.05) is 0 Å². The fourth-order valence-electron chi connectivity index (χ4n) is 2.35. The Kier molecular flexibility index (Phi) is 7.03. The van der Waals surface area contributed by atoms with Gasteiger partial charge >= 0.3 is 0 Å². The minimum atomic E-state index is -0.268. The highest BCUT2D eigenvalue weighted by Crippen LogP contribution is 2.37. The molecule has 2 aromatic carbocycles. The lowest BCUT2D eigenvalue weighted by Gasteiger charge is -2.09. The zero-order valence-electron chi connectivity index (χ0n) is 15.1. The highest BCUT2D eigenvalue weighted by Gasteiger charge is 2.09. The fourth-order valence-corrected chi connectivity index (χ4v) is 2.35. The SMILES string of the molecule is COc1cc(/C=C/C=C(\C#N)NC(=O)Cc2ccccc2)cc(OC)c1O. The maximum atomic E-state index is 12.0. The van der Waals surface area contributed by atoms with E-state index >= 15 is 0 Å². The van der Waals surface area contributed by atoms with Gasteiger partial charge in [-0.2, -0.15) is 5.26 Å². The molecule has 1 amide bonds. The van der Waals surface area contributed by atoms with Crippen LogP contribution in [0.3, 0.4) is 0 Å². The van der Waals surface area contributed by atoms with Crippen LogP contribution in [0.2, 0.25) is 0 Å². The first-order chi connectivity index (χ1) is 13.1. The summed E-state index contributed by atoms with van der Waals surface area (Å²) in [6.45, 7) is 0. The van der Waals surface area contributed by atoms with Crippen molar-refractivity contribution < 1.29 is 19.4 Å². The molecule has 6 nitrogen and oxygen atoms in total. The second-order valence-corrected chi connectivity index (χ2v) is 5.54. The number of ether oxygens (including phenoxy) is 2. The molecule has 0 spiro atoms. The highest BCUT2D eigenvalue weighted by molar-refractivity contribution is 5.81. The fraction of sp³-hybridized carbons (Fsp3) is 0.143. The lowest BCUT2D eigenvalue weighted by atomic mass is 10.1. The van der Waals surface area contributed by atoms with Crippen LogP contribution < -0.4 is 14.8 Å². The number of nitrogens with one attached hydrogen (secondary N) is 1. The number of benzene rings is 2. The lowest BCUT2D eigenvalue weighted by molar-refractivity contribution is -0.119. The molecule has 0 radical (unpaired) electrons. The second kappa shape index (κ2) is 9.68. The molecule has 2 N–H and O–H groups in total. The first-order valence-electron chi connectivity index (χ1n) is 8.14. The van der Waals surface area contributed by atoms with Crippen molar-refractivity contribution in [3.05, 3.63) is 71.4 Å². The average Bonchev–Trinajstić information content (AvgIpc) is 2.68. The Morgan fingerprint density at radius 1 is 1.19 bits per heavy atom. The monoisotopic (exact) mass is 364 g/mol. The number of carbonyl (C=O) groups is 1. The van der Waals surface area contributed by atoms with Crippen LogP contribution in [0.25, 0.3) is 6.08 Å². The molecule has 0 bridgehead atoms. The van der Waals surface area contributed by atoms with Crippen LogP contribution in [0.1, 0.15) is 11.1 Å². The zero-order chi connectivity index (χ0) is 19.6. The number of allylic oxidation sites excluding steroid dienone is 3. The first kappa shape index (κ1) is 19.6. The third-order valence-electron chi connectivity index (χ3n) is 3.66. The van der Waals surface area contributed by atoms with Gasteiger partial charge in [0.2, 0.25) is 11.7 Å². The van der Waals surface area contributed by atoms with Crippen LogP contribution in [0.4, 0.5) is 0 Å². The summed E-state index contributed by atoms with van der Waals surface area (Å²) in [6.07, 6.45) is 5.00. The van der Waals surface area contributed by atoms with Gasteiger partial charge in [-0.05, 0) is 29.3 Å². The van der Waals surface area contributed by atoms with Crippen LogP contribution in [-0.4, -0.2) is 25.2 Å². The number of hydrogen-bond acceptors (Lipinski definition) is 5. The maximum absolute atomic E-state index is 12.0. The summed E-state index contributed by atoms with van der Waals surface area (Å²) < 4.78 is 10.2. The van der Waals surface area contributed by atoms with E-state index in [4.69, 9.17) is 9.47 Å². The van der Waals surface area contributed by atoms with Gasteiger partial charge in [-0.15, -0.1) is 0 Å². The molecule has 27 heavy (non-hydrogen) atoms. The Hall–Kier alpha value is -3.72. The molecular weight excluding hydrogens is 344 g/mol. The minimum absolute atomic E-state index is 0.0846. The van der Waals surface area contributed by atoms with Crippen molar-refractivity contribution in [3.63, 3.8) is 0 Å². The topological polar surface area (TPSA) is 91.6 Å². The third-order valence-corrected chi connectivity index (χ3v) is 3.66. The first-order valence-corrected chi connectivity index (χ1v) is 8.14. The second-order valence-electron chi connectivity index (χ2n) is 5.54. The maximum Gasteiger partial charge on any atom is 0.229 e. The van der Waals surface area contributed by atoms with Crippen LogP contribution in [0.15, 0.2) is 60.3 Å². The number of hydrogen-bond donors (Lipinski definition) is 2. The van der Waals surface area contributed by atoms with E-state index in [1.165, 1.54) is 20.3 Å². The summed E-state index contributed by atoms with van der Waals surface area (Å²) in [4.78, 5) is 12.0. The summed E-state index contributed by atoms with van der Waals surface area (Å²) in [6, 6.07) is 14.5. The van der Waals surface area contributed by atoms with Gasteiger partial charge in [0.1, 0.15) is 11.8 Å². The Morgan fingerprint density at radius 3 is 2.37 bits per heavy atom. The number of nitriles is 1. The number of amides is 1. The summed E-state index contributed by atoms with van der Waals surface area (Å²) >= 11 is 0. The van der Waals surface area contributed by atoms with Crippen LogP contribution in [0, 0.1) is 11.3 Å². The van der Waals surface area contributed by atoms with E-state index in [2.05, 4.69) is 5.32 Å². The molecule has 138 valence electrons. The molecule has 0 aliphatic carbocycles. The molecule has 2 rings (SSSR count). The molecule has 0 aliphatic rings. The number of phenols is 1. The van der Waals surface area contributed by atoms with E-state index in [-0.39, 0.29) is 35.3 Å². The van der Waals surface area contributed by atoms with Crippen molar-refractivity contribution in [2.45, 2.75) is 6.42 Å². The van der Waals surface area contributed by atoms with E-state index in [0.29, 0.717) is 5.56 Å². The van der Waals surface area contributed by atoms with Crippen LogP contribution in [0.5, 0.6) is 17.2 Å². The number of carbonyl (C=O) groups excluding carboxylic acids is 1. The summed E-state index contributed by atoms with van der Waals surface area (Å²) in [7, 11) is 2.88. The molecule has 0 fully saturated rings. The Labute approximate surface area is 158 Å². The quantitative estimate of drug-likeness (QED) is 0.581.